The van der Waals surface area contributed by atoms with Crippen LogP contribution in [0.15, 0.2) is 273 Å². The van der Waals surface area contributed by atoms with Crippen molar-refractivity contribution in [3.05, 3.63) is 273 Å². The lowest BCUT2D eigenvalue weighted by Gasteiger charge is -2.17. The first-order chi connectivity index (χ1) is 36.7. The molecule has 0 aliphatic carbocycles. The SMILES string of the molecule is c1ccc(-c2ccc(-c3cc(-c4ccccc4-c4ccccc4)cc(-n4c5ccccc5c5ccc6c7ccccc7n(-c7nc(-c8ccccc8)nc(-c8ccccc8-c8ccccc8)n7)c6c54)c3)cc2)cc1. The molecular formula is C69H45N5. The van der Waals surface area contributed by atoms with Gasteiger partial charge in [0.2, 0.25) is 5.95 Å². The molecular weight excluding hydrogens is 899 g/mol. The Morgan fingerprint density at radius 3 is 1.20 bits per heavy atom. The zero-order valence-corrected chi connectivity index (χ0v) is 40.2. The number of para-hydroxylation sites is 2. The molecule has 0 unspecified atom stereocenters. The van der Waals surface area contributed by atoms with Crippen LogP contribution in [0.4, 0.5) is 0 Å². The first-order valence-electron chi connectivity index (χ1n) is 25.1. The number of fused-ring (bicyclic) bond motifs is 7. The molecule has 74 heavy (non-hydrogen) atoms. The van der Waals surface area contributed by atoms with Crippen LogP contribution in [-0.4, -0.2) is 24.1 Å². The minimum absolute atomic E-state index is 0.539. The second-order valence-corrected chi connectivity index (χ2v) is 18.7. The maximum atomic E-state index is 5.53. The van der Waals surface area contributed by atoms with Crippen LogP contribution in [0.2, 0.25) is 0 Å². The molecule has 0 N–H and O–H groups in total. The van der Waals surface area contributed by atoms with Crippen molar-refractivity contribution in [2.45, 2.75) is 0 Å². The molecule has 0 aliphatic rings. The fraction of sp³-hybridized carbons (Fsp3) is 0. The van der Waals surface area contributed by atoms with Crippen molar-refractivity contribution < 1.29 is 0 Å². The molecule has 3 aromatic heterocycles. The van der Waals surface area contributed by atoms with Crippen molar-refractivity contribution in [1.82, 2.24) is 24.1 Å². The number of hydrogen-bond donors (Lipinski definition) is 0. The van der Waals surface area contributed by atoms with Crippen LogP contribution in [-0.2, 0) is 0 Å². The normalized spacial score (nSPS) is 11.5. The number of aromatic nitrogens is 5. The number of nitrogens with zero attached hydrogens (tertiary/aromatic N) is 5. The monoisotopic (exact) mass is 943 g/mol. The van der Waals surface area contributed by atoms with E-state index in [9.17, 15) is 0 Å². The van der Waals surface area contributed by atoms with E-state index in [1.165, 1.54) is 22.3 Å². The van der Waals surface area contributed by atoms with Gasteiger partial charge in [-0.25, -0.2) is 4.98 Å². The summed E-state index contributed by atoms with van der Waals surface area (Å²) in [6.45, 7) is 0. The van der Waals surface area contributed by atoms with E-state index in [4.69, 9.17) is 15.0 Å². The number of rotatable bonds is 9. The third-order valence-corrected chi connectivity index (χ3v) is 14.4. The highest BCUT2D eigenvalue weighted by Gasteiger charge is 2.25. The molecule has 5 nitrogen and oxygen atoms in total. The van der Waals surface area contributed by atoms with Crippen molar-refractivity contribution in [2.75, 3.05) is 0 Å². The van der Waals surface area contributed by atoms with Gasteiger partial charge in [0.1, 0.15) is 0 Å². The summed E-state index contributed by atoms with van der Waals surface area (Å²) in [5, 5.41) is 4.50. The summed E-state index contributed by atoms with van der Waals surface area (Å²) in [7, 11) is 0. The van der Waals surface area contributed by atoms with Crippen LogP contribution in [0.5, 0.6) is 0 Å². The van der Waals surface area contributed by atoms with E-state index >= 15 is 0 Å². The molecule has 0 fully saturated rings. The van der Waals surface area contributed by atoms with Crippen molar-refractivity contribution in [2.24, 2.45) is 0 Å². The van der Waals surface area contributed by atoms with E-state index in [2.05, 4.69) is 258 Å². The van der Waals surface area contributed by atoms with E-state index in [1.54, 1.807) is 0 Å². The second-order valence-electron chi connectivity index (χ2n) is 18.7. The number of hydrogen-bond acceptors (Lipinski definition) is 3. The molecule has 346 valence electrons. The van der Waals surface area contributed by atoms with Gasteiger partial charge in [-0.15, -0.1) is 0 Å². The van der Waals surface area contributed by atoms with Crippen molar-refractivity contribution in [3.63, 3.8) is 0 Å². The Kier molecular flexibility index (Phi) is 10.4. The summed E-state index contributed by atoms with van der Waals surface area (Å²) >= 11 is 0. The van der Waals surface area contributed by atoms with E-state index in [1.807, 2.05) is 24.3 Å². The predicted molar refractivity (Wildman–Crippen MR) is 307 cm³/mol. The minimum atomic E-state index is 0.539. The lowest BCUT2D eigenvalue weighted by Crippen LogP contribution is -2.07. The van der Waals surface area contributed by atoms with Crippen LogP contribution in [0.1, 0.15) is 0 Å². The molecule has 0 aliphatic heterocycles. The summed E-state index contributed by atoms with van der Waals surface area (Å²) in [6.07, 6.45) is 0. The molecule has 11 aromatic carbocycles. The van der Waals surface area contributed by atoms with E-state index < -0.39 is 0 Å². The molecule has 14 aromatic rings. The van der Waals surface area contributed by atoms with Gasteiger partial charge >= 0.3 is 0 Å². The van der Waals surface area contributed by atoms with Crippen LogP contribution in [0.3, 0.4) is 0 Å². The summed E-state index contributed by atoms with van der Waals surface area (Å²) < 4.78 is 4.76. The fourth-order valence-electron chi connectivity index (χ4n) is 11.0. The molecule has 0 saturated carbocycles. The first-order valence-corrected chi connectivity index (χ1v) is 25.1. The van der Waals surface area contributed by atoms with Gasteiger partial charge in [0.25, 0.3) is 0 Å². The smallest absolute Gasteiger partial charge is 0.238 e. The van der Waals surface area contributed by atoms with Gasteiger partial charge in [-0.2, -0.15) is 9.97 Å². The van der Waals surface area contributed by atoms with Gasteiger partial charge in [0, 0.05) is 38.4 Å². The molecule has 0 saturated heterocycles. The predicted octanol–water partition coefficient (Wildman–Crippen LogP) is 17.7. The molecule has 5 heteroatoms. The fourth-order valence-corrected chi connectivity index (χ4v) is 11.0. The summed E-state index contributed by atoms with van der Waals surface area (Å²) in [4.78, 5) is 16.3. The highest BCUT2D eigenvalue weighted by Crippen LogP contribution is 2.44. The summed E-state index contributed by atoms with van der Waals surface area (Å²) in [6, 6.07) is 97.3. The average Bonchev–Trinajstić information content (AvgIpc) is 4.02. The third-order valence-electron chi connectivity index (χ3n) is 14.4. The van der Waals surface area contributed by atoms with E-state index in [0.717, 1.165) is 93.8 Å². The van der Waals surface area contributed by atoms with Crippen molar-refractivity contribution in [3.8, 4) is 90.0 Å². The standard InChI is InChI=1S/C69H45N5/c1-5-21-46(22-6-1)47-37-39-48(40-38-47)52-43-53(57-31-14-13-29-55(57)49-23-7-2-8-24-49)45-54(44-52)73-63-35-19-17-32-58(63)60-41-42-61-59-33-18-20-36-64(59)74(66(61)65(60)73)69-71-67(51-27-11-4-12-28-51)70-68(72-69)62-34-16-15-30-56(62)50-25-9-3-10-26-50/h1-45H. The second kappa shape index (κ2) is 18.0. The minimum Gasteiger partial charge on any atom is -0.307 e. The Morgan fingerprint density at radius 1 is 0.230 bits per heavy atom. The van der Waals surface area contributed by atoms with Crippen molar-refractivity contribution >= 4 is 43.6 Å². The summed E-state index contributed by atoms with van der Waals surface area (Å²) in [5.74, 6) is 1.73. The van der Waals surface area contributed by atoms with Crippen LogP contribution < -0.4 is 0 Å². The molecule has 0 spiro atoms. The van der Waals surface area contributed by atoms with Crippen LogP contribution in [0, 0.1) is 0 Å². The van der Waals surface area contributed by atoms with Crippen molar-refractivity contribution in [1.29, 1.82) is 0 Å². The highest BCUT2D eigenvalue weighted by atomic mass is 15.2. The maximum Gasteiger partial charge on any atom is 0.238 e. The Bertz CT molecular complexity index is 4390. The molecule has 0 radical (unpaired) electrons. The zero-order valence-electron chi connectivity index (χ0n) is 40.2. The number of benzene rings is 11. The lowest BCUT2D eigenvalue weighted by molar-refractivity contribution is 0.953. The van der Waals surface area contributed by atoms with Gasteiger partial charge < -0.3 is 4.57 Å². The largest absolute Gasteiger partial charge is 0.307 e. The molecule has 3 heterocycles. The van der Waals surface area contributed by atoms with Gasteiger partial charge in [0.05, 0.1) is 22.1 Å². The van der Waals surface area contributed by atoms with Gasteiger partial charge in [-0.05, 0) is 86.0 Å². The molecule has 0 bridgehead atoms. The Balaban J connectivity index is 1.08. The average molecular weight is 944 g/mol. The molecule has 14 rings (SSSR count). The first kappa shape index (κ1) is 42.9. The Labute approximate surface area is 428 Å². The highest BCUT2D eigenvalue weighted by molar-refractivity contribution is 6.23. The third kappa shape index (κ3) is 7.37. The van der Waals surface area contributed by atoms with Crippen LogP contribution in [0.25, 0.3) is 134 Å². The zero-order chi connectivity index (χ0) is 49.0. The van der Waals surface area contributed by atoms with Gasteiger partial charge in [-0.1, -0.05) is 243 Å². The van der Waals surface area contributed by atoms with E-state index in [-0.39, 0.29) is 0 Å². The lowest BCUT2D eigenvalue weighted by atomic mass is 9.91. The molecule has 0 amide bonds. The summed E-state index contributed by atoms with van der Waals surface area (Å²) in [5.41, 5.74) is 18.4. The van der Waals surface area contributed by atoms with Crippen LogP contribution >= 0.6 is 0 Å². The Morgan fingerprint density at radius 2 is 0.622 bits per heavy atom. The maximum absolute atomic E-state index is 5.53. The topological polar surface area (TPSA) is 48.5 Å². The van der Waals surface area contributed by atoms with Gasteiger partial charge in [-0.3, -0.25) is 4.57 Å². The Hall–Kier alpha value is -9.97. The van der Waals surface area contributed by atoms with E-state index in [0.29, 0.717) is 17.6 Å². The molecule has 0 atom stereocenters. The quantitative estimate of drug-likeness (QED) is 0.145. The van der Waals surface area contributed by atoms with Gasteiger partial charge in [0.15, 0.2) is 11.6 Å².